The van der Waals surface area contributed by atoms with Crippen molar-refractivity contribution in [2.75, 3.05) is 5.32 Å². The molecular weight excluding hydrogens is 395 g/mol. The first-order valence-corrected chi connectivity index (χ1v) is 8.80. The van der Waals surface area contributed by atoms with Crippen molar-refractivity contribution in [1.29, 1.82) is 0 Å². The van der Waals surface area contributed by atoms with Crippen LogP contribution in [0.4, 0.5) is 27.8 Å². The zero-order valence-corrected chi connectivity index (χ0v) is 14.8. The van der Waals surface area contributed by atoms with Gasteiger partial charge in [-0.1, -0.05) is 6.07 Å². The van der Waals surface area contributed by atoms with Gasteiger partial charge in [0.2, 0.25) is 5.91 Å². The molecule has 0 unspecified atom stereocenters. The summed E-state index contributed by atoms with van der Waals surface area (Å²) in [5.74, 6) is -4.18. The summed E-state index contributed by atoms with van der Waals surface area (Å²) in [6.07, 6.45) is -4.76. The van der Waals surface area contributed by atoms with Crippen LogP contribution < -0.4 is 5.32 Å². The van der Waals surface area contributed by atoms with Crippen LogP contribution in [0.3, 0.4) is 0 Å². The second-order valence-corrected chi connectivity index (χ2v) is 8.42. The molecule has 0 bridgehead atoms. The van der Waals surface area contributed by atoms with Gasteiger partial charge in [0.05, 0.1) is 0 Å². The van der Waals surface area contributed by atoms with E-state index in [-0.39, 0.29) is 0 Å². The maximum Gasteiger partial charge on any atom is 0.433 e. The molecule has 2 aromatic rings. The number of carbonyl (C=O) groups excluding carboxylic acids is 1. The number of aromatic nitrogens is 1. The molecule has 27 heavy (non-hydrogen) atoms. The lowest BCUT2D eigenvalue weighted by Gasteiger charge is -2.24. The van der Waals surface area contributed by atoms with Gasteiger partial charge in [0.15, 0.2) is 9.84 Å². The quantitative estimate of drug-likeness (QED) is 0.620. The number of hydrogen-bond donors (Lipinski definition) is 1. The summed E-state index contributed by atoms with van der Waals surface area (Å²) in [6, 6.07) is 4.40. The van der Waals surface area contributed by atoms with Crippen molar-refractivity contribution in [3.8, 4) is 0 Å². The standard InChI is InChI=1S/C16H13F5N2O3S/c1-15(2,27(25,26)11-7-6-9(17)8-10(11)18)14(24)23-13-5-3-4-12(22-13)16(19,20)21/h3-8H,1-2H3,(H,22,23,24). The fraction of sp³-hybridized carbons (Fsp3) is 0.250. The number of sulfone groups is 1. The minimum absolute atomic E-state index is 0.342. The summed E-state index contributed by atoms with van der Waals surface area (Å²) < 4.78 is 87.9. The highest BCUT2D eigenvalue weighted by atomic mass is 32.2. The van der Waals surface area contributed by atoms with E-state index in [4.69, 9.17) is 0 Å². The Morgan fingerprint density at radius 1 is 1.07 bits per heavy atom. The van der Waals surface area contributed by atoms with Gasteiger partial charge in [-0.3, -0.25) is 4.79 Å². The number of pyridine rings is 1. The highest BCUT2D eigenvalue weighted by Gasteiger charge is 2.44. The van der Waals surface area contributed by atoms with Gasteiger partial charge >= 0.3 is 6.18 Å². The lowest BCUT2D eigenvalue weighted by molar-refractivity contribution is -0.141. The van der Waals surface area contributed by atoms with Crippen molar-refractivity contribution in [3.63, 3.8) is 0 Å². The summed E-state index contributed by atoms with van der Waals surface area (Å²) in [5, 5.41) is 1.98. The van der Waals surface area contributed by atoms with Crippen molar-refractivity contribution >= 4 is 21.6 Å². The summed E-state index contributed by atoms with van der Waals surface area (Å²) in [7, 11) is -4.65. The fourth-order valence-corrected chi connectivity index (χ4v) is 3.43. The number of anilines is 1. The number of nitrogens with one attached hydrogen (secondary N) is 1. The van der Waals surface area contributed by atoms with E-state index in [9.17, 15) is 35.2 Å². The Balaban J connectivity index is 2.37. The van der Waals surface area contributed by atoms with E-state index in [1.165, 1.54) is 0 Å². The lowest BCUT2D eigenvalue weighted by Crippen LogP contribution is -2.45. The topological polar surface area (TPSA) is 76.1 Å². The van der Waals surface area contributed by atoms with Gasteiger partial charge in [-0.15, -0.1) is 0 Å². The highest BCUT2D eigenvalue weighted by molar-refractivity contribution is 7.93. The van der Waals surface area contributed by atoms with Gasteiger partial charge in [0.1, 0.15) is 32.8 Å². The van der Waals surface area contributed by atoms with E-state index in [2.05, 4.69) is 4.98 Å². The molecule has 0 fully saturated rings. The van der Waals surface area contributed by atoms with Crippen LogP contribution in [0.2, 0.25) is 0 Å². The molecule has 0 aliphatic rings. The van der Waals surface area contributed by atoms with E-state index in [0.29, 0.717) is 24.3 Å². The number of rotatable bonds is 4. The van der Waals surface area contributed by atoms with Crippen molar-refractivity contribution < 1.29 is 35.2 Å². The van der Waals surface area contributed by atoms with Crippen LogP contribution >= 0.6 is 0 Å². The Hall–Kier alpha value is -2.56. The van der Waals surface area contributed by atoms with Gasteiger partial charge in [0, 0.05) is 6.07 Å². The van der Waals surface area contributed by atoms with Crippen molar-refractivity contribution in [2.45, 2.75) is 29.7 Å². The Kier molecular flexibility index (Phi) is 5.28. The average molecular weight is 408 g/mol. The SMILES string of the molecule is CC(C)(C(=O)Nc1cccc(C(F)(F)F)n1)S(=O)(=O)c1ccc(F)cc1F. The first-order chi connectivity index (χ1) is 12.3. The molecule has 0 aliphatic heterocycles. The van der Waals surface area contributed by atoms with E-state index in [1.807, 2.05) is 5.32 Å². The highest BCUT2D eigenvalue weighted by Crippen LogP contribution is 2.30. The monoisotopic (exact) mass is 408 g/mol. The van der Waals surface area contributed by atoms with Crippen LogP contribution in [0, 0.1) is 11.6 Å². The van der Waals surface area contributed by atoms with Crippen LogP contribution in [-0.4, -0.2) is 24.1 Å². The number of benzene rings is 1. The molecule has 2 rings (SSSR count). The van der Waals surface area contributed by atoms with E-state index in [0.717, 1.165) is 26.0 Å². The van der Waals surface area contributed by atoms with Gasteiger partial charge in [0.25, 0.3) is 0 Å². The molecule has 5 nitrogen and oxygen atoms in total. The van der Waals surface area contributed by atoms with Gasteiger partial charge in [-0.25, -0.2) is 22.2 Å². The Bertz CT molecular complexity index is 988. The third-order valence-electron chi connectivity index (χ3n) is 3.68. The largest absolute Gasteiger partial charge is 0.433 e. The summed E-state index contributed by atoms with van der Waals surface area (Å²) >= 11 is 0. The molecule has 1 heterocycles. The van der Waals surface area contributed by atoms with Crippen LogP contribution in [0.15, 0.2) is 41.3 Å². The number of amides is 1. The first-order valence-electron chi connectivity index (χ1n) is 7.32. The summed E-state index contributed by atoms with van der Waals surface area (Å²) in [4.78, 5) is 14.7. The van der Waals surface area contributed by atoms with Crippen molar-refractivity contribution in [3.05, 3.63) is 53.7 Å². The molecule has 1 aromatic carbocycles. The van der Waals surface area contributed by atoms with Gasteiger partial charge in [-0.2, -0.15) is 13.2 Å². The number of carbonyl (C=O) groups is 1. The third kappa shape index (κ3) is 4.07. The maximum atomic E-state index is 13.9. The minimum Gasteiger partial charge on any atom is -0.309 e. The van der Waals surface area contributed by atoms with Gasteiger partial charge < -0.3 is 5.32 Å². The van der Waals surface area contributed by atoms with E-state index in [1.54, 1.807) is 0 Å². The number of halogens is 5. The third-order valence-corrected chi connectivity index (χ3v) is 6.12. The first kappa shape index (κ1) is 20.7. The molecule has 0 atom stereocenters. The van der Waals surface area contributed by atoms with Gasteiger partial charge in [-0.05, 0) is 38.1 Å². The molecule has 146 valence electrons. The summed E-state index contributed by atoms with van der Waals surface area (Å²) in [5.41, 5.74) is -1.29. The van der Waals surface area contributed by atoms with Crippen LogP contribution in [-0.2, 0) is 20.8 Å². The zero-order valence-electron chi connectivity index (χ0n) is 13.9. The molecule has 0 spiro atoms. The molecule has 11 heteroatoms. The maximum absolute atomic E-state index is 13.9. The molecular formula is C16H13F5N2O3S. The predicted molar refractivity (Wildman–Crippen MR) is 85.5 cm³/mol. The fourth-order valence-electron chi connectivity index (χ4n) is 2.02. The van der Waals surface area contributed by atoms with Crippen molar-refractivity contribution in [2.24, 2.45) is 0 Å². The van der Waals surface area contributed by atoms with Crippen LogP contribution in [0.25, 0.3) is 0 Å². The second-order valence-electron chi connectivity index (χ2n) is 5.95. The molecule has 1 N–H and O–H groups in total. The molecule has 0 radical (unpaired) electrons. The molecule has 0 aliphatic carbocycles. The Morgan fingerprint density at radius 3 is 2.26 bits per heavy atom. The summed E-state index contributed by atoms with van der Waals surface area (Å²) in [6.45, 7) is 1.88. The minimum atomic E-state index is -4.76. The number of alkyl halides is 3. The smallest absolute Gasteiger partial charge is 0.309 e. The van der Waals surface area contributed by atoms with Crippen LogP contribution in [0.1, 0.15) is 19.5 Å². The molecule has 0 saturated heterocycles. The van der Waals surface area contributed by atoms with Crippen molar-refractivity contribution in [1.82, 2.24) is 4.98 Å². The molecule has 1 aromatic heterocycles. The number of hydrogen-bond acceptors (Lipinski definition) is 4. The average Bonchev–Trinajstić information content (AvgIpc) is 2.53. The van der Waals surface area contributed by atoms with Crippen LogP contribution in [0.5, 0.6) is 0 Å². The van der Waals surface area contributed by atoms with E-state index >= 15 is 0 Å². The molecule has 1 amide bonds. The zero-order chi connectivity index (χ0) is 20.6. The lowest BCUT2D eigenvalue weighted by atomic mass is 10.2. The van der Waals surface area contributed by atoms with E-state index < -0.39 is 54.7 Å². The normalized spacial score (nSPS) is 12.7. The predicted octanol–water partition coefficient (Wildman–Crippen LogP) is 3.57. The Morgan fingerprint density at radius 2 is 1.70 bits per heavy atom. The number of nitrogens with zero attached hydrogens (tertiary/aromatic N) is 1. The molecule has 0 saturated carbocycles. The second kappa shape index (κ2) is 6.87. The Labute approximate surface area is 151 Å².